The van der Waals surface area contributed by atoms with E-state index >= 15 is 0 Å². The summed E-state index contributed by atoms with van der Waals surface area (Å²) in [4.78, 5) is 32.2. The van der Waals surface area contributed by atoms with Crippen LogP contribution >= 0.6 is 0 Å². The Morgan fingerprint density at radius 3 is 1.47 bits per heavy atom. The molecule has 158 valence electrons. The van der Waals surface area contributed by atoms with Crippen molar-refractivity contribution in [2.24, 2.45) is 0 Å². The van der Waals surface area contributed by atoms with Gasteiger partial charge in [0.2, 0.25) is 11.8 Å². The molecule has 0 fully saturated rings. The molecular formula is C22H24N2O6. The fourth-order valence-electron chi connectivity index (χ4n) is 2.88. The zero-order chi connectivity index (χ0) is 21.7. The van der Waals surface area contributed by atoms with Crippen LogP contribution in [0.3, 0.4) is 0 Å². The van der Waals surface area contributed by atoms with E-state index in [0.29, 0.717) is 47.9 Å². The third-order valence-electron chi connectivity index (χ3n) is 4.40. The van der Waals surface area contributed by atoms with Crippen molar-refractivity contribution in [3.05, 3.63) is 47.2 Å². The number of oxazole rings is 2. The highest BCUT2D eigenvalue weighted by atomic mass is 16.5. The van der Waals surface area contributed by atoms with E-state index in [1.165, 1.54) is 0 Å². The van der Waals surface area contributed by atoms with Crippen LogP contribution in [0.5, 0.6) is 0 Å². The SMILES string of the molecule is CCOC(=O)Cc1nc(-c2ccc(-c3nc(CC(=O)OCC)c(C)o3)cc2)oc1C. The van der Waals surface area contributed by atoms with E-state index in [2.05, 4.69) is 9.97 Å². The first-order chi connectivity index (χ1) is 14.4. The van der Waals surface area contributed by atoms with Crippen LogP contribution in [0, 0.1) is 13.8 Å². The molecule has 2 aromatic heterocycles. The van der Waals surface area contributed by atoms with Gasteiger partial charge in [-0.1, -0.05) is 0 Å². The number of esters is 2. The van der Waals surface area contributed by atoms with E-state index in [4.69, 9.17) is 18.3 Å². The number of hydrogen-bond donors (Lipinski definition) is 0. The summed E-state index contributed by atoms with van der Waals surface area (Å²) < 4.78 is 21.3. The molecule has 3 aromatic rings. The summed E-state index contributed by atoms with van der Waals surface area (Å²) in [7, 11) is 0. The standard InChI is InChI=1S/C22H24N2O6/c1-5-27-19(25)11-17-13(3)29-21(23-17)15-7-9-16(10-8-15)22-24-18(14(4)30-22)12-20(26)28-6-2/h7-10H,5-6,11-12H2,1-4H3. The third-order valence-corrected chi connectivity index (χ3v) is 4.40. The number of hydrogen-bond acceptors (Lipinski definition) is 8. The van der Waals surface area contributed by atoms with Crippen molar-refractivity contribution in [1.29, 1.82) is 0 Å². The van der Waals surface area contributed by atoms with E-state index in [1.807, 2.05) is 24.3 Å². The number of aromatic nitrogens is 2. The van der Waals surface area contributed by atoms with Crippen molar-refractivity contribution in [2.45, 2.75) is 40.5 Å². The first-order valence-electron chi connectivity index (χ1n) is 9.75. The lowest BCUT2D eigenvalue weighted by atomic mass is 10.1. The molecule has 0 aliphatic heterocycles. The molecule has 1 aromatic carbocycles. The molecule has 0 unspecified atom stereocenters. The molecule has 0 saturated heterocycles. The first kappa shape index (κ1) is 21.3. The Labute approximate surface area is 174 Å². The van der Waals surface area contributed by atoms with Crippen molar-refractivity contribution < 1.29 is 27.9 Å². The molecule has 0 amide bonds. The number of benzene rings is 1. The number of nitrogens with zero attached hydrogens (tertiary/aromatic N) is 2. The minimum Gasteiger partial charge on any atom is -0.466 e. The minimum atomic E-state index is -0.339. The van der Waals surface area contributed by atoms with E-state index in [1.54, 1.807) is 27.7 Å². The Hall–Kier alpha value is -3.42. The normalized spacial score (nSPS) is 10.8. The Kier molecular flexibility index (Phi) is 6.66. The second kappa shape index (κ2) is 9.39. The van der Waals surface area contributed by atoms with Crippen molar-refractivity contribution in [3.63, 3.8) is 0 Å². The Bertz CT molecular complexity index is 949. The zero-order valence-corrected chi connectivity index (χ0v) is 17.5. The van der Waals surface area contributed by atoms with Crippen LogP contribution in [-0.4, -0.2) is 35.1 Å². The van der Waals surface area contributed by atoms with Gasteiger partial charge in [0.05, 0.1) is 37.4 Å². The predicted octanol–water partition coefficient (Wildman–Crippen LogP) is 3.82. The van der Waals surface area contributed by atoms with Gasteiger partial charge in [-0.15, -0.1) is 0 Å². The van der Waals surface area contributed by atoms with Crippen LogP contribution in [-0.2, 0) is 31.9 Å². The highest BCUT2D eigenvalue weighted by Crippen LogP contribution is 2.27. The van der Waals surface area contributed by atoms with Crippen LogP contribution in [0.25, 0.3) is 22.9 Å². The molecule has 0 radical (unpaired) electrons. The zero-order valence-electron chi connectivity index (χ0n) is 17.5. The second-order valence-electron chi connectivity index (χ2n) is 6.58. The van der Waals surface area contributed by atoms with Gasteiger partial charge < -0.3 is 18.3 Å². The quantitative estimate of drug-likeness (QED) is 0.514. The molecule has 0 saturated carbocycles. The molecule has 0 aliphatic rings. The predicted molar refractivity (Wildman–Crippen MR) is 108 cm³/mol. The van der Waals surface area contributed by atoms with Gasteiger partial charge in [0, 0.05) is 11.1 Å². The Balaban J connectivity index is 1.76. The highest BCUT2D eigenvalue weighted by Gasteiger charge is 2.17. The molecule has 30 heavy (non-hydrogen) atoms. The maximum Gasteiger partial charge on any atom is 0.311 e. The van der Waals surface area contributed by atoms with Crippen LogP contribution < -0.4 is 0 Å². The van der Waals surface area contributed by atoms with Gasteiger partial charge in [0.1, 0.15) is 11.5 Å². The molecule has 3 rings (SSSR count). The van der Waals surface area contributed by atoms with Crippen LogP contribution in [0.2, 0.25) is 0 Å². The fourth-order valence-corrected chi connectivity index (χ4v) is 2.88. The van der Waals surface area contributed by atoms with Gasteiger partial charge in [-0.25, -0.2) is 9.97 Å². The first-order valence-corrected chi connectivity index (χ1v) is 9.75. The van der Waals surface area contributed by atoms with E-state index in [9.17, 15) is 9.59 Å². The Morgan fingerprint density at radius 1 is 0.767 bits per heavy atom. The maximum atomic E-state index is 11.7. The highest BCUT2D eigenvalue weighted by molar-refractivity contribution is 5.73. The number of ether oxygens (including phenoxy) is 2. The topological polar surface area (TPSA) is 105 Å². The molecule has 0 bridgehead atoms. The molecular weight excluding hydrogens is 388 g/mol. The average molecular weight is 412 g/mol. The average Bonchev–Trinajstić information content (AvgIpc) is 3.25. The number of carbonyl (C=O) groups is 2. The largest absolute Gasteiger partial charge is 0.466 e. The van der Waals surface area contributed by atoms with Crippen LogP contribution in [0.15, 0.2) is 33.1 Å². The molecule has 8 heteroatoms. The minimum absolute atomic E-state index is 0.0695. The van der Waals surface area contributed by atoms with Crippen molar-refractivity contribution in [2.75, 3.05) is 13.2 Å². The summed E-state index contributed by atoms with van der Waals surface area (Å²) in [6.45, 7) is 7.70. The van der Waals surface area contributed by atoms with Crippen LogP contribution in [0.4, 0.5) is 0 Å². The summed E-state index contributed by atoms with van der Waals surface area (Å²) in [5, 5.41) is 0. The van der Waals surface area contributed by atoms with Crippen molar-refractivity contribution >= 4 is 11.9 Å². The van der Waals surface area contributed by atoms with Gasteiger partial charge in [-0.3, -0.25) is 9.59 Å². The summed E-state index contributed by atoms with van der Waals surface area (Å²) in [6.07, 6.45) is 0.139. The van der Waals surface area contributed by atoms with E-state index in [-0.39, 0.29) is 24.8 Å². The van der Waals surface area contributed by atoms with E-state index < -0.39 is 0 Å². The van der Waals surface area contributed by atoms with Gasteiger partial charge in [-0.05, 0) is 52.0 Å². The summed E-state index contributed by atoms with van der Waals surface area (Å²) in [5.41, 5.74) is 2.62. The number of aryl methyl sites for hydroxylation is 2. The van der Waals surface area contributed by atoms with Crippen LogP contribution in [0.1, 0.15) is 36.8 Å². The Morgan fingerprint density at radius 2 is 1.13 bits per heavy atom. The molecule has 8 nitrogen and oxygen atoms in total. The smallest absolute Gasteiger partial charge is 0.311 e. The molecule has 2 heterocycles. The van der Waals surface area contributed by atoms with Gasteiger partial charge in [0.25, 0.3) is 0 Å². The van der Waals surface area contributed by atoms with Crippen molar-refractivity contribution in [1.82, 2.24) is 9.97 Å². The second-order valence-corrected chi connectivity index (χ2v) is 6.58. The lowest BCUT2D eigenvalue weighted by Crippen LogP contribution is -2.08. The summed E-state index contributed by atoms with van der Waals surface area (Å²) in [5.74, 6) is 1.32. The third kappa shape index (κ3) is 4.94. The van der Waals surface area contributed by atoms with Gasteiger partial charge >= 0.3 is 11.9 Å². The van der Waals surface area contributed by atoms with Gasteiger partial charge in [-0.2, -0.15) is 0 Å². The molecule has 0 aliphatic carbocycles. The monoisotopic (exact) mass is 412 g/mol. The lowest BCUT2D eigenvalue weighted by Gasteiger charge is -1.99. The number of carbonyl (C=O) groups excluding carboxylic acids is 2. The summed E-state index contributed by atoms with van der Waals surface area (Å²) >= 11 is 0. The fraction of sp³-hybridized carbons (Fsp3) is 0.364. The maximum absolute atomic E-state index is 11.7. The summed E-state index contributed by atoms with van der Waals surface area (Å²) in [6, 6.07) is 7.33. The molecule has 0 N–H and O–H groups in total. The number of rotatable bonds is 8. The van der Waals surface area contributed by atoms with E-state index in [0.717, 1.165) is 11.1 Å². The lowest BCUT2D eigenvalue weighted by molar-refractivity contribution is -0.143. The molecule has 0 atom stereocenters. The molecule has 0 spiro atoms. The van der Waals surface area contributed by atoms with Crippen molar-refractivity contribution in [3.8, 4) is 22.9 Å². The van der Waals surface area contributed by atoms with Gasteiger partial charge in [0.15, 0.2) is 0 Å².